The second kappa shape index (κ2) is 7.09. The number of furan rings is 1. The molecule has 0 saturated heterocycles. The van der Waals surface area contributed by atoms with Crippen molar-refractivity contribution >= 4 is 37.7 Å². The summed E-state index contributed by atoms with van der Waals surface area (Å²) >= 11 is 0. The molecule has 31 heavy (non-hydrogen) atoms. The maximum Gasteiger partial charge on any atom is 0.340 e. The maximum absolute atomic E-state index is 12.7. The van der Waals surface area contributed by atoms with E-state index in [1.165, 1.54) is 6.08 Å². The number of hydrogen-bond acceptors (Lipinski definition) is 6. The molecule has 1 aliphatic rings. The normalized spacial score (nSPS) is 18.2. The van der Waals surface area contributed by atoms with E-state index < -0.39 is 27.4 Å². The minimum absolute atomic E-state index is 0.134. The minimum Gasteiger partial charge on any atom is -0.463 e. The van der Waals surface area contributed by atoms with E-state index in [0.29, 0.717) is 22.1 Å². The summed E-state index contributed by atoms with van der Waals surface area (Å²) in [6.07, 6.45) is 2.96. The van der Waals surface area contributed by atoms with Crippen LogP contribution in [0.5, 0.6) is 0 Å². The van der Waals surface area contributed by atoms with Gasteiger partial charge in [-0.15, -0.1) is 0 Å². The highest BCUT2D eigenvalue weighted by atomic mass is 32.2. The molecule has 1 atom stereocenters. The quantitative estimate of drug-likeness (QED) is 0.622. The van der Waals surface area contributed by atoms with Gasteiger partial charge in [-0.25, -0.2) is 13.2 Å². The number of hydrogen-bond donors (Lipinski definition) is 1. The van der Waals surface area contributed by atoms with Crippen molar-refractivity contribution < 1.29 is 22.0 Å². The van der Waals surface area contributed by atoms with Gasteiger partial charge in [-0.1, -0.05) is 20.8 Å². The molecule has 3 heterocycles. The second-order valence-corrected chi connectivity index (χ2v) is 11.1. The largest absolute Gasteiger partial charge is 0.463 e. The van der Waals surface area contributed by atoms with E-state index in [4.69, 9.17) is 8.83 Å². The molecule has 0 bridgehead atoms. The van der Waals surface area contributed by atoms with Gasteiger partial charge in [0.2, 0.25) is 5.91 Å². The number of aryl methyl sites for hydroxylation is 2. The summed E-state index contributed by atoms with van der Waals surface area (Å²) in [7, 11) is -3.29. The molecule has 0 radical (unpaired) electrons. The fourth-order valence-electron chi connectivity index (χ4n) is 4.13. The topological polar surface area (TPSA) is 107 Å². The summed E-state index contributed by atoms with van der Waals surface area (Å²) in [6.45, 7) is 10.0. The number of rotatable bonds is 3. The van der Waals surface area contributed by atoms with Crippen LogP contribution in [0.3, 0.4) is 0 Å². The van der Waals surface area contributed by atoms with Crippen LogP contribution in [-0.4, -0.2) is 26.1 Å². The van der Waals surface area contributed by atoms with E-state index in [1.54, 1.807) is 13.2 Å². The standard InChI is InChI=1S/C23H25NO6S/c1-12-8-17-20(21-19(12)16(10-29-21)23(3,4)5)13(2)15(22(26)30-17)9-18(25)24-14-6-7-31(27,28)11-14/h6-8,10,14H,9,11H2,1-5H3,(H,24,25)/t14-/m0/s1. The molecule has 8 heteroatoms. The Labute approximate surface area is 180 Å². The van der Waals surface area contributed by atoms with Crippen LogP contribution in [0.25, 0.3) is 21.9 Å². The average Bonchev–Trinajstić information content (AvgIpc) is 3.22. The van der Waals surface area contributed by atoms with Crippen molar-refractivity contribution in [2.75, 3.05) is 5.75 Å². The summed E-state index contributed by atoms with van der Waals surface area (Å²) < 4.78 is 34.6. The van der Waals surface area contributed by atoms with Crippen molar-refractivity contribution in [3.63, 3.8) is 0 Å². The number of fused-ring (bicyclic) bond motifs is 3. The van der Waals surface area contributed by atoms with Gasteiger partial charge in [0.15, 0.2) is 9.84 Å². The van der Waals surface area contributed by atoms with E-state index in [0.717, 1.165) is 21.9 Å². The molecular weight excluding hydrogens is 418 g/mol. The molecule has 2 aromatic heterocycles. The van der Waals surface area contributed by atoms with Crippen molar-refractivity contribution in [1.29, 1.82) is 0 Å². The number of amides is 1. The van der Waals surface area contributed by atoms with E-state index in [9.17, 15) is 18.0 Å². The summed E-state index contributed by atoms with van der Waals surface area (Å²) in [4.78, 5) is 25.2. The minimum atomic E-state index is -3.29. The van der Waals surface area contributed by atoms with Gasteiger partial charge in [-0.3, -0.25) is 4.79 Å². The lowest BCUT2D eigenvalue weighted by molar-refractivity contribution is -0.120. The Morgan fingerprint density at radius 2 is 1.94 bits per heavy atom. The SMILES string of the molecule is Cc1cc2oc(=O)c(CC(=O)N[C@H]3C=CS(=O)(=O)C3)c(C)c2c2occ(C(C)(C)C)c12. The van der Waals surface area contributed by atoms with Gasteiger partial charge in [0.25, 0.3) is 0 Å². The van der Waals surface area contributed by atoms with Crippen LogP contribution in [0.1, 0.15) is 43.0 Å². The number of nitrogens with one attached hydrogen (secondary N) is 1. The molecule has 164 valence electrons. The number of carbonyl (C=O) groups is 1. The zero-order valence-corrected chi connectivity index (χ0v) is 19.0. The molecule has 7 nitrogen and oxygen atoms in total. The van der Waals surface area contributed by atoms with E-state index in [1.807, 2.05) is 13.0 Å². The van der Waals surface area contributed by atoms with Crippen LogP contribution < -0.4 is 10.9 Å². The van der Waals surface area contributed by atoms with Gasteiger partial charge in [0, 0.05) is 16.4 Å². The van der Waals surface area contributed by atoms with E-state index >= 15 is 0 Å². The Morgan fingerprint density at radius 3 is 2.55 bits per heavy atom. The van der Waals surface area contributed by atoms with Gasteiger partial charge < -0.3 is 14.2 Å². The molecule has 1 amide bonds. The summed E-state index contributed by atoms with van der Waals surface area (Å²) in [5.74, 6) is -0.619. The molecule has 1 aliphatic heterocycles. The van der Waals surface area contributed by atoms with Crippen molar-refractivity contribution in [3.05, 3.63) is 56.5 Å². The molecule has 0 saturated carbocycles. The molecule has 1 aromatic carbocycles. The third-order valence-corrected chi connectivity index (χ3v) is 7.10. The molecule has 0 unspecified atom stereocenters. The molecule has 3 aromatic rings. The molecular formula is C23H25NO6S. The third-order valence-electron chi connectivity index (χ3n) is 5.70. The molecule has 1 N–H and O–H groups in total. The third kappa shape index (κ3) is 3.80. The highest BCUT2D eigenvalue weighted by Gasteiger charge is 2.26. The lowest BCUT2D eigenvalue weighted by Crippen LogP contribution is -2.37. The smallest absolute Gasteiger partial charge is 0.340 e. The van der Waals surface area contributed by atoms with Crippen LogP contribution in [0.4, 0.5) is 0 Å². The van der Waals surface area contributed by atoms with Crippen molar-refractivity contribution in [2.45, 2.75) is 52.5 Å². The monoisotopic (exact) mass is 443 g/mol. The van der Waals surface area contributed by atoms with E-state index in [2.05, 4.69) is 26.1 Å². The van der Waals surface area contributed by atoms with Crippen LogP contribution in [-0.2, 0) is 26.5 Å². The maximum atomic E-state index is 12.7. The highest BCUT2D eigenvalue weighted by Crippen LogP contribution is 2.38. The Bertz CT molecular complexity index is 1420. The van der Waals surface area contributed by atoms with Gasteiger partial charge in [-0.05, 0) is 42.5 Å². The molecule has 0 fully saturated rings. The van der Waals surface area contributed by atoms with Crippen LogP contribution >= 0.6 is 0 Å². The first-order valence-corrected chi connectivity index (χ1v) is 11.8. The Hall–Kier alpha value is -2.87. The van der Waals surface area contributed by atoms with Crippen molar-refractivity contribution in [1.82, 2.24) is 5.32 Å². The zero-order valence-electron chi connectivity index (χ0n) is 18.2. The number of carbonyl (C=O) groups excluding carboxylic acids is 1. The van der Waals surface area contributed by atoms with Gasteiger partial charge in [-0.2, -0.15) is 0 Å². The predicted molar refractivity (Wildman–Crippen MR) is 119 cm³/mol. The first-order valence-electron chi connectivity index (χ1n) is 10.1. The van der Waals surface area contributed by atoms with Crippen LogP contribution in [0.15, 0.2) is 37.4 Å². The zero-order chi connectivity index (χ0) is 22.7. The number of sulfone groups is 1. The fraction of sp³-hybridized carbons (Fsp3) is 0.391. The van der Waals surface area contributed by atoms with Crippen LogP contribution in [0, 0.1) is 13.8 Å². The predicted octanol–water partition coefficient (Wildman–Crippen LogP) is 3.42. The highest BCUT2D eigenvalue weighted by molar-refractivity contribution is 7.94. The lowest BCUT2D eigenvalue weighted by atomic mass is 9.85. The first-order chi connectivity index (χ1) is 14.4. The fourth-order valence-corrected chi connectivity index (χ4v) is 5.36. The van der Waals surface area contributed by atoms with Gasteiger partial charge in [0.1, 0.15) is 11.2 Å². The first kappa shape index (κ1) is 21.4. The van der Waals surface area contributed by atoms with Gasteiger partial charge in [0.05, 0.1) is 35.4 Å². The molecule has 0 spiro atoms. The molecule has 0 aliphatic carbocycles. The summed E-state index contributed by atoms with van der Waals surface area (Å²) in [5.41, 5.74) is 3.18. The van der Waals surface area contributed by atoms with E-state index in [-0.39, 0.29) is 23.2 Å². The Morgan fingerprint density at radius 1 is 1.23 bits per heavy atom. The summed E-state index contributed by atoms with van der Waals surface area (Å²) in [6, 6.07) is 1.23. The van der Waals surface area contributed by atoms with Crippen LogP contribution in [0.2, 0.25) is 0 Å². The van der Waals surface area contributed by atoms with Crippen molar-refractivity contribution in [3.8, 4) is 0 Å². The average molecular weight is 444 g/mol. The van der Waals surface area contributed by atoms with Gasteiger partial charge >= 0.3 is 5.63 Å². The molecule has 4 rings (SSSR count). The van der Waals surface area contributed by atoms with Crippen molar-refractivity contribution in [2.24, 2.45) is 0 Å². The Kier molecular flexibility index (Phi) is 4.88. The Balaban J connectivity index is 1.78. The number of benzene rings is 1. The summed E-state index contributed by atoms with van der Waals surface area (Å²) in [5, 5.41) is 5.39. The second-order valence-electron chi connectivity index (χ2n) is 9.17. The lowest BCUT2D eigenvalue weighted by Gasteiger charge is -2.17.